The van der Waals surface area contributed by atoms with Crippen LogP contribution >= 0.6 is 0 Å². The Balaban J connectivity index is 1.84. The first-order chi connectivity index (χ1) is 8.22. The van der Waals surface area contributed by atoms with Gasteiger partial charge in [0.1, 0.15) is 0 Å². The molecule has 1 saturated carbocycles. The molecule has 0 saturated heterocycles. The van der Waals surface area contributed by atoms with Gasteiger partial charge >= 0.3 is 5.97 Å². The average molecular weight is 232 g/mol. The molecule has 2 rings (SSSR count). The topological polar surface area (TPSA) is 26.3 Å². The fourth-order valence-electron chi connectivity index (χ4n) is 2.28. The summed E-state index contributed by atoms with van der Waals surface area (Å²) in [5, 5.41) is 0. The van der Waals surface area contributed by atoms with E-state index in [9.17, 15) is 4.79 Å². The zero-order valence-electron chi connectivity index (χ0n) is 10.6. The first kappa shape index (κ1) is 12.2. The molecule has 0 bridgehead atoms. The highest BCUT2D eigenvalue weighted by atomic mass is 16.5. The van der Waals surface area contributed by atoms with Crippen molar-refractivity contribution >= 4 is 5.97 Å². The number of esters is 1. The molecule has 1 fully saturated rings. The molecule has 0 aromatic heterocycles. The smallest absolute Gasteiger partial charge is 0.309 e. The van der Waals surface area contributed by atoms with Crippen molar-refractivity contribution in [2.24, 2.45) is 5.92 Å². The monoisotopic (exact) mass is 232 g/mol. The molecule has 3 atom stereocenters. The SMILES string of the molecule is CCCC(C)OC(=O)C1CC1c1ccccc1. The fourth-order valence-corrected chi connectivity index (χ4v) is 2.28. The molecular formula is C15H20O2. The van der Waals surface area contributed by atoms with Crippen LogP contribution in [0.3, 0.4) is 0 Å². The summed E-state index contributed by atoms with van der Waals surface area (Å²) in [4.78, 5) is 11.9. The second-order valence-electron chi connectivity index (χ2n) is 4.90. The van der Waals surface area contributed by atoms with Crippen molar-refractivity contribution in [2.75, 3.05) is 0 Å². The lowest BCUT2D eigenvalue weighted by Crippen LogP contribution is -2.16. The van der Waals surface area contributed by atoms with Crippen molar-refractivity contribution in [1.82, 2.24) is 0 Å². The van der Waals surface area contributed by atoms with Crippen molar-refractivity contribution in [3.05, 3.63) is 35.9 Å². The van der Waals surface area contributed by atoms with Gasteiger partial charge in [-0.1, -0.05) is 43.7 Å². The Hall–Kier alpha value is -1.31. The highest BCUT2D eigenvalue weighted by molar-refractivity contribution is 5.77. The minimum absolute atomic E-state index is 0.0141. The van der Waals surface area contributed by atoms with Crippen LogP contribution in [0.15, 0.2) is 30.3 Å². The number of benzene rings is 1. The minimum atomic E-state index is -0.0141. The van der Waals surface area contributed by atoms with E-state index in [1.807, 2.05) is 25.1 Å². The molecule has 0 amide bonds. The van der Waals surface area contributed by atoms with Gasteiger partial charge in [-0.2, -0.15) is 0 Å². The van der Waals surface area contributed by atoms with Gasteiger partial charge in [0.15, 0.2) is 0 Å². The van der Waals surface area contributed by atoms with Gasteiger partial charge in [-0.25, -0.2) is 0 Å². The van der Waals surface area contributed by atoms with Gasteiger partial charge < -0.3 is 4.74 Å². The van der Waals surface area contributed by atoms with E-state index in [1.165, 1.54) is 5.56 Å². The van der Waals surface area contributed by atoms with Gasteiger partial charge in [-0.15, -0.1) is 0 Å². The van der Waals surface area contributed by atoms with Crippen LogP contribution in [0.2, 0.25) is 0 Å². The Labute approximate surface area is 103 Å². The molecule has 1 aliphatic rings. The lowest BCUT2D eigenvalue weighted by Gasteiger charge is -2.11. The standard InChI is InChI=1S/C15H20O2/c1-3-7-11(2)17-15(16)14-10-13(14)12-8-5-4-6-9-12/h4-6,8-9,11,13-14H,3,7,10H2,1-2H3. The Morgan fingerprint density at radius 2 is 2.12 bits per heavy atom. The molecule has 92 valence electrons. The van der Waals surface area contributed by atoms with E-state index >= 15 is 0 Å². The summed E-state index contributed by atoms with van der Waals surface area (Å²) in [5.41, 5.74) is 1.26. The van der Waals surface area contributed by atoms with Gasteiger partial charge in [-0.3, -0.25) is 4.79 Å². The first-order valence-electron chi connectivity index (χ1n) is 6.47. The maximum Gasteiger partial charge on any atom is 0.309 e. The average Bonchev–Trinajstić information content (AvgIpc) is 3.10. The van der Waals surface area contributed by atoms with Gasteiger partial charge in [-0.05, 0) is 31.2 Å². The van der Waals surface area contributed by atoms with Crippen molar-refractivity contribution in [2.45, 2.75) is 45.1 Å². The van der Waals surface area contributed by atoms with E-state index in [0.717, 1.165) is 19.3 Å². The quantitative estimate of drug-likeness (QED) is 0.726. The van der Waals surface area contributed by atoms with Crippen molar-refractivity contribution in [1.29, 1.82) is 0 Å². The molecule has 0 radical (unpaired) electrons. The van der Waals surface area contributed by atoms with Crippen molar-refractivity contribution in [3.63, 3.8) is 0 Å². The highest BCUT2D eigenvalue weighted by Crippen LogP contribution is 2.48. The summed E-state index contributed by atoms with van der Waals surface area (Å²) >= 11 is 0. The van der Waals surface area contributed by atoms with Crippen LogP contribution in [0.25, 0.3) is 0 Å². The summed E-state index contributed by atoms with van der Waals surface area (Å²) in [5.74, 6) is 0.467. The number of carbonyl (C=O) groups is 1. The lowest BCUT2D eigenvalue weighted by molar-refractivity contribution is -0.150. The molecule has 1 aromatic carbocycles. The molecule has 0 aliphatic heterocycles. The number of hydrogen-bond donors (Lipinski definition) is 0. The third kappa shape index (κ3) is 3.09. The summed E-state index contributed by atoms with van der Waals surface area (Å²) in [6.45, 7) is 4.08. The molecule has 17 heavy (non-hydrogen) atoms. The zero-order valence-corrected chi connectivity index (χ0v) is 10.6. The van der Waals surface area contributed by atoms with E-state index in [2.05, 4.69) is 19.1 Å². The lowest BCUT2D eigenvalue weighted by atomic mass is 10.1. The number of rotatable bonds is 5. The van der Waals surface area contributed by atoms with Crippen molar-refractivity contribution in [3.8, 4) is 0 Å². The second kappa shape index (κ2) is 5.35. The summed E-state index contributed by atoms with van der Waals surface area (Å²) in [6.07, 6.45) is 3.02. The number of carbonyl (C=O) groups excluding carboxylic acids is 1. The third-order valence-electron chi connectivity index (χ3n) is 3.33. The van der Waals surface area contributed by atoms with Gasteiger partial charge in [0, 0.05) is 0 Å². The summed E-state index contributed by atoms with van der Waals surface area (Å²) in [7, 11) is 0. The molecule has 1 aromatic rings. The molecular weight excluding hydrogens is 212 g/mol. The third-order valence-corrected chi connectivity index (χ3v) is 3.33. The van der Waals surface area contributed by atoms with E-state index in [1.54, 1.807) is 0 Å². The largest absolute Gasteiger partial charge is 0.462 e. The predicted molar refractivity (Wildman–Crippen MR) is 67.8 cm³/mol. The Morgan fingerprint density at radius 1 is 1.41 bits per heavy atom. The van der Waals surface area contributed by atoms with Crippen LogP contribution < -0.4 is 0 Å². The van der Waals surface area contributed by atoms with E-state index in [-0.39, 0.29) is 18.0 Å². The predicted octanol–water partition coefficient (Wildman–Crippen LogP) is 3.52. The van der Waals surface area contributed by atoms with Crippen LogP contribution in [0.1, 0.15) is 44.6 Å². The first-order valence-corrected chi connectivity index (χ1v) is 6.47. The van der Waals surface area contributed by atoms with E-state index in [4.69, 9.17) is 4.74 Å². The number of ether oxygens (including phenoxy) is 1. The minimum Gasteiger partial charge on any atom is -0.462 e. The molecule has 0 spiro atoms. The van der Waals surface area contributed by atoms with Crippen LogP contribution in [-0.4, -0.2) is 12.1 Å². The zero-order chi connectivity index (χ0) is 12.3. The summed E-state index contributed by atoms with van der Waals surface area (Å²) in [6, 6.07) is 10.2. The normalized spacial score (nSPS) is 24.1. The highest BCUT2D eigenvalue weighted by Gasteiger charge is 2.45. The molecule has 3 unspecified atom stereocenters. The summed E-state index contributed by atoms with van der Waals surface area (Å²) < 4.78 is 5.43. The molecule has 0 N–H and O–H groups in total. The Morgan fingerprint density at radius 3 is 2.76 bits per heavy atom. The second-order valence-corrected chi connectivity index (χ2v) is 4.90. The fraction of sp³-hybridized carbons (Fsp3) is 0.533. The van der Waals surface area contributed by atoms with Crippen molar-refractivity contribution < 1.29 is 9.53 Å². The van der Waals surface area contributed by atoms with E-state index < -0.39 is 0 Å². The van der Waals surface area contributed by atoms with Crippen LogP contribution in [-0.2, 0) is 9.53 Å². The van der Waals surface area contributed by atoms with Crippen LogP contribution in [0.4, 0.5) is 0 Å². The van der Waals surface area contributed by atoms with Crippen LogP contribution in [0.5, 0.6) is 0 Å². The molecule has 2 heteroatoms. The Kier molecular flexibility index (Phi) is 3.82. The van der Waals surface area contributed by atoms with Crippen LogP contribution in [0, 0.1) is 5.92 Å². The van der Waals surface area contributed by atoms with Gasteiger partial charge in [0.2, 0.25) is 0 Å². The maximum absolute atomic E-state index is 11.9. The van der Waals surface area contributed by atoms with Gasteiger partial charge in [0.05, 0.1) is 12.0 Å². The number of hydrogen-bond acceptors (Lipinski definition) is 2. The van der Waals surface area contributed by atoms with E-state index in [0.29, 0.717) is 5.92 Å². The maximum atomic E-state index is 11.9. The molecule has 1 aliphatic carbocycles. The van der Waals surface area contributed by atoms with Gasteiger partial charge in [0.25, 0.3) is 0 Å². The molecule has 0 heterocycles. The molecule has 2 nitrogen and oxygen atoms in total. The Bertz CT molecular complexity index is 372.